The van der Waals surface area contributed by atoms with E-state index in [0.29, 0.717) is 10.5 Å². The Morgan fingerprint density at radius 3 is 1.90 bits per heavy atom. The van der Waals surface area contributed by atoms with E-state index in [4.69, 9.17) is 4.43 Å². The highest BCUT2D eigenvalue weighted by Crippen LogP contribution is 2.48. The summed E-state index contributed by atoms with van der Waals surface area (Å²) in [5.41, 5.74) is 0. The van der Waals surface area contributed by atoms with Gasteiger partial charge in [0.15, 0.2) is 0 Å². The van der Waals surface area contributed by atoms with Crippen molar-refractivity contribution in [1.29, 1.82) is 0 Å². The molecule has 0 radical (unpaired) electrons. The van der Waals surface area contributed by atoms with E-state index >= 15 is 0 Å². The Hall–Kier alpha value is -1.10. The van der Waals surface area contributed by atoms with Crippen LogP contribution in [0.15, 0.2) is 82.3 Å². The third kappa shape index (κ3) is 6.19. The van der Waals surface area contributed by atoms with Gasteiger partial charge in [0.05, 0.1) is 10.3 Å². The summed E-state index contributed by atoms with van der Waals surface area (Å²) in [7, 11) is -1.85. The predicted molar refractivity (Wildman–Crippen MR) is 132 cm³/mol. The Balaban J connectivity index is 1.87. The number of hydrogen-bond donors (Lipinski definition) is 0. The van der Waals surface area contributed by atoms with Crippen molar-refractivity contribution in [2.45, 2.75) is 72.5 Å². The third-order valence-corrected chi connectivity index (χ3v) is 13.1. The maximum Gasteiger partial charge on any atom is 0.250 e. The van der Waals surface area contributed by atoms with Crippen LogP contribution in [0.2, 0.25) is 18.1 Å². The van der Waals surface area contributed by atoms with Crippen molar-refractivity contribution in [3.63, 3.8) is 0 Å². The second kappa shape index (κ2) is 9.80. The molecule has 0 N–H and O–H groups in total. The van der Waals surface area contributed by atoms with Crippen LogP contribution in [0.4, 0.5) is 0 Å². The highest BCUT2D eigenvalue weighted by atomic mass is 32.2. The van der Waals surface area contributed by atoms with Gasteiger partial charge >= 0.3 is 0 Å². The SMILES string of the molecule is CC(C)(C)[Si](C)(C)OC1=CCCCC1C(Sc1ccccc1)Sc1ccccc1. The van der Waals surface area contributed by atoms with E-state index in [1.807, 2.05) is 23.5 Å². The van der Waals surface area contributed by atoms with Gasteiger partial charge in [-0.25, -0.2) is 0 Å². The Bertz CT molecular complexity index is 755. The zero-order valence-electron chi connectivity index (χ0n) is 18.4. The van der Waals surface area contributed by atoms with Crippen molar-refractivity contribution < 1.29 is 4.43 Å². The molecule has 0 bridgehead atoms. The lowest BCUT2D eigenvalue weighted by Crippen LogP contribution is -2.42. The molecule has 0 saturated carbocycles. The van der Waals surface area contributed by atoms with Crippen LogP contribution in [-0.2, 0) is 4.43 Å². The molecule has 0 saturated heterocycles. The minimum atomic E-state index is -1.85. The smallest absolute Gasteiger partial charge is 0.250 e. The molecule has 0 heterocycles. The van der Waals surface area contributed by atoms with E-state index in [0.717, 1.165) is 6.42 Å². The number of thioether (sulfide) groups is 2. The first kappa shape index (κ1) is 22.6. The predicted octanol–water partition coefficient (Wildman–Crippen LogP) is 8.60. The normalized spacial score (nSPS) is 17.9. The zero-order valence-corrected chi connectivity index (χ0v) is 21.0. The van der Waals surface area contributed by atoms with E-state index in [1.54, 1.807) is 0 Å². The standard InChI is InChI=1S/C25H34OS2Si/c1-25(2,3)29(4,5)26-23-19-13-12-18-22(23)24(27-20-14-8-6-9-15-20)28-21-16-10-7-11-17-21/h6-11,14-17,19,22,24H,12-13,18H2,1-5H3. The van der Waals surface area contributed by atoms with Crippen LogP contribution in [0.3, 0.4) is 0 Å². The van der Waals surface area contributed by atoms with Crippen molar-refractivity contribution in [3.8, 4) is 0 Å². The lowest BCUT2D eigenvalue weighted by atomic mass is 9.95. The second-order valence-electron chi connectivity index (χ2n) is 9.24. The molecule has 29 heavy (non-hydrogen) atoms. The van der Waals surface area contributed by atoms with Crippen LogP contribution in [-0.4, -0.2) is 12.9 Å². The van der Waals surface area contributed by atoms with E-state index < -0.39 is 8.32 Å². The van der Waals surface area contributed by atoms with E-state index in [-0.39, 0.29) is 5.04 Å². The number of hydrogen-bond acceptors (Lipinski definition) is 3. The van der Waals surface area contributed by atoms with Gasteiger partial charge in [0, 0.05) is 15.7 Å². The van der Waals surface area contributed by atoms with Gasteiger partial charge in [-0.2, -0.15) is 0 Å². The maximum atomic E-state index is 6.89. The maximum absolute atomic E-state index is 6.89. The number of allylic oxidation sites excluding steroid dienone is 2. The highest BCUT2D eigenvalue weighted by molar-refractivity contribution is 8.17. The Morgan fingerprint density at radius 2 is 1.41 bits per heavy atom. The zero-order chi connectivity index (χ0) is 20.9. The fraction of sp³-hybridized carbons (Fsp3) is 0.440. The molecular formula is C25H34OS2Si. The van der Waals surface area contributed by atoms with Crippen LogP contribution >= 0.6 is 23.5 Å². The third-order valence-electron chi connectivity index (χ3n) is 5.93. The summed E-state index contributed by atoms with van der Waals surface area (Å²) >= 11 is 3.97. The summed E-state index contributed by atoms with van der Waals surface area (Å²) < 4.78 is 7.28. The van der Waals surface area contributed by atoms with E-state index in [1.165, 1.54) is 28.4 Å². The number of benzene rings is 2. The molecule has 1 aliphatic carbocycles. The summed E-state index contributed by atoms with van der Waals surface area (Å²) in [6, 6.07) is 21.6. The van der Waals surface area contributed by atoms with Crippen molar-refractivity contribution in [2.24, 2.45) is 5.92 Å². The first-order valence-corrected chi connectivity index (χ1v) is 15.3. The van der Waals surface area contributed by atoms with Gasteiger partial charge in [0.25, 0.3) is 0 Å². The van der Waals surface area contributed by atoms with Crippen molar-refractivity contribution >= 4 is 31.8 Å². The Morgan fingerprint density at radius 1 is 0.897 bits per heavy atom. The molecule has 0 aliphatic heterocycles. The first-order chi connectivity index (χ1) is 13.8. The second-order valence-corrected chi connectivity index (χ2v) is 16.7. The molecule has 0 aromatic heterocycles. The van der Waals surface area contributed by atoms with E-state index in [9.17, 15) is 0 Å². The van der Waals surface area contributed by atoms with Gasteiger partial charge in [-0.1, -0.05) is 57.2 Å². The summed E-state index contributed by atoms with van der Waals surface area (Å²) in [4.78, 5) is 2.66. The molecule has 2 aromatic rings. The van der Waals surface area contributed by atoms with Gasteiger partial charge in [-0.3, -0.25) is 0 Å². The average Bonchev–Trinajstić information content (AvgIpc) is 2.68. The van der Waals surface area contributed by atoms with Crippen LogP contribution in [0.25, 0.3) is 0 Å². The highest BCUT2D eigenvalue weighted by Gasteiger charge is 2.41. The van der Waals surface area contributed by atoms with Crippen LogP contribution < -0.4 is 0 Å². The van der Waals surface area contributed by atoms with Crippen molar-refractivity contribution in [3.05, 3.63) is 72.5 Å². The topological polar surface area (TPSA) is 9.23 Å². The van der Waals surface area contributed by atoms with Crippen molar-refractivity contribution in [1.82, 2.24) is 0 Å². The van der Waals surface area contributed by atoms with Gasteiger partial charge in [-0.05, 0) is 67.7 Å². The van der Waals surface area contributed by atoms with Gasteiger partial charge in [-0.15, -0.1) is 23.5 Å². The average molecular weight is 443 g/mol. The van der Waals surface area contributed by atoms with Crippen LogP contribution in [0.1, 0.15) is 40.0 Å². The molecule has 1 atom stereocenters. The fourth-order valence-corrected chi connectivity index (χ4v) is 7.19. The largest absolute Gasteiger partial charge is 0.546 e. The minimum absolute atomic E-state index is 0.213. The lowest BCUT2D eigenvalue weighted by molar-refractivity contribution is 0.303. The van der Waals surface area contributed by atoms with Gasteiger partial charge in [0.1, 0.15) is 0 Å². The minimum Gasteiger partial charge on any atom is -0.546 e. The quantitative estimate of drug-likeness (QED) is 0.241. The molecule has 4 heteroatoms. The summed E-state index contributed by atoms with van der Waals surface area (Å²) in [6.07, 6.45) is 5.97. The molecule has 3 rings (SSSR count). The first-order valence-electron chi connectivity index (χ1n) is 10.6. The molecule has 2 aromatic carbocycles. The molecule has 156 valence electrons. The van der Waals surface area contributed by atoms with Crippen LogP contribution in [0.5, 0.6) is 0 Å². The molecular weight excluding hydrogens is 408 g/mol. The van der Waals surface area contributed by atoms with Gasteiger partial charge < -0.3 is 4.43 Å². The van der Waals surface area contributed by atoms with Gasteiger partial charge in [0.2, 0.25) is 8.32 Å². The molecule has 0 fully saturated rings. The number of rotatable bonds is 7. The molecule has 0 amide bonds. The molecule has 1 nitrogen and oxygen atoms in total. The summed E-state index contributed by atoms with van der Waals surface area (Å²) in [5.74, 6) is 1.69. The lowest BCUT2D eigenvalue weighted by Gasteiger charge is -2.41. The summed E-state index contributed by atoms with van der Waals surface area (Å²) in [6.45, 7) is 11.7. The van der Waals surface area contributed by atoms with E-state index in [2.05, 4.69) is 101 Å². The fourth-order valence-electron chi connectivity index (χ4n) is 3.17. The van der Waals surface area contributed by atoms with Crippen LogP contribution in [0, 0.1) is 5.92 Å². The Labute approximate surface area is 186 Å². The van der Waals surface area contributed by atoms with Crippen molar-refractivity contribution in [2.75, 3.05) is 0 Å². The Kier molecular flexibility index (Phi) is 7.63. The molecule has 1 aliphatic rings. The monoisotopic (exact) mass is 442 g/mol. The molecule has 0 spiro atoms. The summed E-state index contributed by atoms with van der Waals surface area (Å²) in [5, 5.41) is 0.213. The molecule has 1 unspecified atom stereocenters.